The van der Waals surface area contributed by atoms with Gasteiger partial charge in [-0.3, -0.25) is 5.32 Å². The fraction of sp³-hybridized carbons (Fsp3) is 0.750. The Bertz CT molecular complexity index is 499. The number of aryl methyl sites for hydroxylation is 1. The van der Waals surface area contributed by atoms with Gasteiger partial charge in [-0.1, -0.05) is 26.7 Å². The zero-order valence-electron chi connectivity index (χ0n) is 13.7. The molecule has 0 saturated heterocycles. The molecule has 0 aromatic carbocycles. The fourth-order valence-corrected chi connectivity index (χ4v) is 3.61. The third-order valence-corrected chi connectivity index (χ3v) is 4.84. The van der Waals surface area contributed by atoms with E-state index in [0.29, 0.717) is 12.5 Å². The normalized spacial score (nSPS) is 26.7. The standard InChI is InChI=1S/C16H27ClN4O/c1-4-18-14(22)16(7-5-6-11(2)8-16)10-20-13-12(3)9-19-15(17)21-13/h9,11,14,18,22H,4-8,10H2,1-3H3,(H,19,20,21)/t11-,14?,16?/m0/s1. The van der Waals surface area contributed by atoms with E-state index < -0.39 is 6.23 Å². The van der Waals surface area contributed by atoms with Gasteiger partial charge in [0.1, 0.15) is 12.0 Å². The molecule has 1 aromatic heterocycles. The van der Waals surface area contributed by atoms with Crippen molar-refractivity contribution in [2.45, 2.75) is 52.7 Å². The van der Waals surface area contributed by atoms with Crippen LogP contribution in [-0.4, -0.2) is 34.4 Å². The van der Waals surface area contributed by atoms with Crippen molar-refractivity contribution in [3.63, 3.8) is 0 Å². The summed E-state index contributed by atoms with van der Waals surface area (Å²) in [5.74, 6) is 1.38. The van der Waals surface area contributed by atoms with Crippen LogP contribution in [0.3, 0.4) is 0 Å². The summed E-state index contributed by atoms with van der Waals surface area (Å²) in [5.41, 5.74) is 0.790. The predicted molar refractivity (Wildman–Crippen MR) is 90.0 cm³/mol. The van der Waals surface area contributed by atoms with Gasteiger partial charge in [0.25, 0.3) is 0 Å². The third-order valence-electron chi connectivity index (χ3n) is 4.65. The van der Waals surface area contributed by atoms with Crippen molar-refractivity contribution in [1.82, 2.24) is 15.3 Å². The van der Waals surface area contributed by atoms with Crippen LogP contribution in [0.25, 0.3) is 0 Å². The maximum Gasteiger partial charge on any atom is 0.224 e. The highest BCUT2D eigenvalue weighted by Crippen LogP contribution is 2.41. The first-order valence-corrected chi connectivity index (χ1v) is 8.49. The number of aliphatic hydroxyl groups excluding tert-OH is 1. The molecule has 1 aromatic rings. The van der Waals surface area contributed by atoms with E-state index in [0.717, 1.165) is 37.2 Å². The Morgan fingerprint density at radius 2 is 2.32 bits per heavy atom. The van der Waals surface area contributed by atoms with Crippen LogP contribution in [0, 0.1) is 18.3 Å². The molecule has 1 heterocycles. The molecule has 1 aliphatic rings. The van der Waals surface area contributed by atoms with Crippen molar-refractivity contribution in [3.8, 4) is 0 Å². The maximum absolute atomic E-state index is 10.6. The van der Waals surface area contributed by atoms with Gasteiger partial charge in [0.15, 0.2) is 0 Å². The SMILES string of the molecule is CCNC(O)C1(CNc2nc(Cl)ncc2C)CCC[C@H](C)C1. The molecule has 1 saturated carbocycles. The largest absolute Gasteiger partial charge is 0.378 e. The summed E-state index contributed by atoms with van der Waals surface area (Å²) < 4.78 is 0. The highest BCUT2D eigenvalue weighted by molar-refractivity contribution is 6.28. The summed E-state index contributed by atoms with van der Waals surface area (Å²) >= 11 is 5.88. The van der Waals surface area contributed by atoms with Gasteiger partial charge in [-0.2, -0.15) is 0 Å². The average molecular weight is 327 g/mol. The molecule has 2 unspecified atom stereocenters. The molecule has 5 nitrogen and oxygen atoms in total. The highest BCUT2D eigenvalue weighted by Gasteiger charge is 2.41. The number of halogens is 1. The summed E-state index contributed by atoms with van der Waals surface area (Å²) in [6, 6.07) is 0. The second kappa shape index (κ2) is 7.57. The number of aliphatic hydroxyl groups is 1. The number of nitrogens with one attached hydrogen (secondary N) is 2. The maximum atomic E-state index is 10.6. The minimum absolute atomic E-state index is 0.169. The van der Waals surface area contributed by atoms with Crippen LogP contribution in [0.15, 0.2) is 6.20 Å². The quantitative estimate of drug-likeness (QED) is 0.554. The molecule has 0 bridgehead atoms. The Kier molecular flexibility index (Phi) is 6.01. The van der Waals surface area contributed by atoms with Crippen LogP contribution in [-0.2, 0) is 0 Å². The zero-order chi connectivity index (χ0) is 16.2. The van der Waals surface area contributed by atoms with Crippen LogP contribution in [0.5, 0.6) is 0 Å². The van der Waals surface area contributed by atoms with Crippen molar-refractivity contribution < 1.29 is 5.11 Å². The van der Waals surface area contributed by atoms with E-state index in [1.807, 2.05) is 13.8 Å². The Morgan fingerprint density at radius 1 is 1.55 bits per heavy atom. The first kappa shape index (κ1) is 17.4. The Labute approximate surface area is 137 Å². The van der Waals surface area contributed by atoms with E-state index in [9.17, 15) is 5.11 Å². The van der Waals surface area contributed by atoms with Crippen molar-refractivity contribution in [3.05, 3.63) is 17.0 Å². The molecular weight excluding hydrogens is 300 g/mol. The van der Waals surface area contributed by atoms with Crippen molar-refractivity contribution in [1.29, 1.82) is 0 Å². The molecule has 22 heavy (non-hydrogen) atoms. The van der Waals surface area contributed by atoms with Gasteiger partial charge in [-0.15, -0.1) is 0 Å². The molecular formula is C16H27ClN4O. The molecule has 0 amide bonds. The number of rotatable bonds is 6. The first-order valence-electron chi connectivity index (χ1n) is 8.11. The zero-order valence-corrected chi connectivity index (χ0v) is 14.5. The number of nitrogens with zero attached hydrogens (tertiary/aromatic N) is 2. The van der Waals surface area contributed by atoms with Crippen LogP contribution < -0.4 is 10.6 Å². The van der Waals surface area contributed by atoms with Gasteiger partial charge in [0, 0.05) is 23.7 Å². The van der Waals surface area contributed by atoms with E-state index in [1.54, 1.807) is 6.20 Å². The Morgan fingerprint density at radius 3 is 3.00 bits per heavy atom. The fourth-order valence-electron chi connectivity index (χ4n) is 3.48. The van der Waals surface area contributed by atoms with E-state index in [1.165, 1.54) is 6.42 Å². The molecule has 1 aliphatic carbocycles. The molecule has 2 rings (SSSR count). The smallest absolute Gasteiger partial charge is 0.224 e. The second-order valence-electron chi connectivity index (χ2n) is 6.55. The van der Waals surface area contributed by atoms with Gasteiger partial charge in [0.05, 0.1) is 0 Å². The van der Waals surface area contributed by atoms with Crippen molar-refractivity contribution in [2.75, 3.05) is 18.4 Å². The second-order valence-corrected chi connectivity index (χ2v) is 6.89. The number of anilines is 1. The van der Waals surface area contributed by atoms with Crippen LogP contribution >= 0.6 is 11.6 Å². The molecule has 6 heteroatoms. The van der Waals surface area contributed by atoms with E-state index in [2.05, 4.69) is 27.5 Å². The predicted octanol–water partition coefficient (Wildman–Crippen LogP) is 2.97. The topological polar surface area (TPSA) is 70.1 Å². The van der Waals surface area contributed by atoms with E-state index in [4.69, 9.17) is 11.6 Å². The molecule has 0 aliphatic heterocycles. The lowest BCUT2D eigenvalue weighted by Gasteiger charge is -2.44. The van der Waals surface area contributed by atoms with Gasteiger partial charge >= 0.3 is 0 Å². The lowest BCUT2D eigenvalue weighted by molar-refractivity contribution is -0.0284. The number of aromatic nitrogens is 2. The number of hydrogen-bond acceptors (Lipinski definition) is 5. The van der Waals surface area contributed by atoms with Crippen molar-refractivity contribution in [2.24, 2.45) is 11.3 Å². The molecule has 0 radical (unpaired) electrons. The average Bonchev–Trinajstić information content (AvgIpc) is 2.48. The highest BCUT2D eigenvalue weighted by atomic mass is 35.5. The van der Waals surface area contributed by atoms with Crippen LogP contribution in [0.2, 0.25) is 5.28 Å². The lowest BCUT2D eigenvalue weighted by Crippen LogP contribution is -2.51. The minimum Gasteiger partial charge on any atom is -0.378 e. The molecule has 3 atom stereocenters. The van der Waals surface area contributed by atoms with Gasteiger partial charge in [0.2, 0.25) is 5.28 Å². The Hall–Kier alpha value is -0.910. The third kappa shape index (κ3) is 4.09. The van der Waals surface area contributed by atoms with Crippen molar-refractivity contribution >= 4 is 17.4 Å². The van der Waals surface area contributed by atoms with Crippen LogP contribution in [0.1, 0.15) is 45.1 Å². The van der Waals surface area contributed by atoms with E-state index in [-0.39, 0.29) is 10.7 Å². The first-order chi connectivity index (χ1) is 10.5. The van der Waals surface area contributed by atoms with E-state index >= 15 is 0 Å². The molecule has 0 spiro atoms. The van der Waals surface area contributed by atoms with Gasteiger partial charge in [-0.25, -0.2) is 9.97 Å². The summed E-state index contributed by atoms with van der Waals surface area (Å²) in [6.07, 6.45) is 5.61. The Balaban J connectivity index is 2.14. The summed E-state index contributed by atoms with van der Waals surface area (Å²) in [7, 11) is 0. The lowest BCUT2D eigenvalue weighted by atomic mass is 9.68. The molecule has 3 N–H and O–H groups in total. The number of hydrogen-bond donors (Lipinski definition) is 3. The monoisotopic (exact) mass is 326 g/mol. The molecule has 124 valence electrons. The summed E-state index contributed by atoms with van der Waals surface area (Å²) in [5, 5.41) is 17.5. The molecule has 1 fully saturated rings. The minimum atomic E-state index is -0.509. The summed E-state index contributed by atoms with van der Waals surface area (Å²) in [6.45, 7) is 7.68. The van der Waals surface area contributed by atoms with Crippen LogP contribution in [0.4, 0.5) is 5.82 Å². The summed E-state index contributed by atoms with van der Waals surface area (Å²) in [4.78, 5) is 8.23. The van der Waals surface area contributed by atoms with Gasteiger partial charge < -0.3 is 10.4 Å². The van der Waals surface area contributed by atoms with Gasteiger partial charge in [-0.05, 0) is 43.8 Å².